The fourth-order valence-electron chi connectivity index (χ4n) is 4.22. The lowest BCUT2D eigenvalue weighted by atomic mass is 10.3. The third-order valence-electron chi connectivity index (χ3n) is 6.09. The minimum atomic E-state index is -8.09. The highest BCUT2D eigenvalue weighted by atomic mass is 79.9. The SMILES string of the molecule is Fc1c(F)c(F)c([P+](c2c(F)c(F)c(F)c(F)c2F)(c2c(F)c(F)c(F)c(F)c2F)c2c(F)c(F)c(F)c(F)c2F)c(F)c1F.[Br-]. The normalized spacial score (nSPS) is 11.7. The monoisotopic (exact) mass is 778 g/mol. The molecule has 0 heterocycles. The van der Waals surface area contributed by atoms with Crippen LogP contribution in [0.15, 0.2) is 0 Å². The van der Waals surface area contributed by atoms with Crippen molar-refractivity contribution in [3.63, 3.8) is 0 Å². The highest BCUT2D eigenvalue weighted by molar-refractivity contribution is 8.01. The summed E-state index contributed by atoms with van der Waals surface area (Å²) in [4.78, 5) is 0. The summed E-state index contributed by atoms with van der Waals surface area (Å²) in [6.45, 7) is 0. The molecule has 4 rings (SSSR count). The number of hydrogen-bond donors (Lipinski definition) is 0. The van der Waals surface area contributed by atoms with Crippen LogP contribution in [0.25, 0.3) is 0 Å². The predicted molar refractivity (Wildman–Crippen MR) is 110 cm³/mol. The van der Waals surface area contributed by atoms with Gasteiger partial charge in [-0.2, -0.15) is 35.1 Å². The average molecular weight is 779 g/mol. The smallest absolute Gasteiger partial charge is 0.208 e. The molecular formula is C24BrF20P. The van der Waals surface area contributed by atoms with Gasteiger partial charge in [-0.05, 0) is 0 Å². The summed E-state index contributed by atoms with van der Waals surface area (Å²) in [6, 6.07) is 0. The average Bonchev–Trinajstić information content (AvgIpc) is 3.00. The minimum absolute atomic E-state index is 0. The van der Waals surface area contributed by atoms with Crippen LogP contribution in [0.1, 0.15) is 0 Å². The van der Waals surface area contributed by atoms with Crippen LogP contribution in [-0.4, -0.2) is 0 Å². The maximum absolute atomic E-state index is 15.4. The largest absolute Gasteiger partial charge is 1.00 e. The number of benzene rings is 4. The lowest BCUT2D eigenvalue weighted by Gasteiger charge is -2.30. The highest BCUT2D eigenvalue weighted by Gasteiger charge is 2.66. The first-order chi connectivity index (χ1) is 20.7. The van der Waals surface area contributed by atoms with Gasteiger partial charge in [0.1, 0.15) is 0 Å². The summed E-state index contributed by atoms with van der Waals surface area (Å²) >= 11 is 0. The van der Waals surface area contributed by atoms with Crippen molar-refractivity contribution in [1.29, 1.82) is 0 Å². The quantitative estimate of drug-likeness (QED) is 0.127. The topological polar surface area (TPSA) is 0 Å². The van der Waals surface area contributed by atoms with E-state index in [4.69, 9.17) is 0 Å². The number of hydrogen-bond acceptors (Lipinski definition) is 0. The first kappa shape index (κ1) is 36.9. The molecule has 0 aliphatic rings. The standard InChI is InChI=1S/C24F20P.BrH/c25-1-5(29)13(37)21(14(38)6(1)30)45(22-15(39)7(31)2(26)8(32)16(22)40,23-17(41)9(33)3(27)10(34)18(23)42)24-19(43)11(35)4(28)12(36)20(24)44;/h;1H/q+1;/p-1. The van der Waals surface area contributed by atoms with Gasteiger partial charge in [-0.15, -0.1) is 0 Å². The third-order valence-corrected chi connectivity index (χ3v) is 10.3. The van der Waals surface area contributed by atoms with Crippen molar-refractivity contribution in [3.8, 4) is 0 Å². The fourth-order valence-corrected chi connectivity index (χ4v) is 8.70. The van der Waals surface area contributed by atoms with Gasteiger partial charge < -0.3 is 17.0 Å². The second-order valence-corrected chi connectivity index (χ2v) is 11.5. The predicted octanol–water partition coefficient (Wildman–Crippen LogP) is 4.09. The van der Waals surface area contributed by atoms with Crippen LogP contribution in [0.5, 0.6) is 0 Å². The molecule has 0 spiro atoms. The molecule has 0 aromatic heterocycles. The van der Waals surface area contributed by atoms with Crippen LogP contribution >= 0.6 is 7.26 Å². The molecule has 4 aromatic carbocycles. The Morgan fingerprint density at radius 1 is 0.174 bits per heavy atom. The molecule has 248 valence electrons. The van der Waals surface area contributed by atoms with Crippen molar-refractivity contribution in [3.05, 3.63) is 116 Å². The van der Waals surface area contributed by atoms with Crippen molar-refractivity contribution in [2.45, 2.75) is 0 Å². The van der Waals surface area contributed by atoms with Crippen LogP contribution < -0.4 is 38.2 Å². The zero-order valence-electron chi connectivity index (χ0n) is 20.4. The molecule has 0 atom stereocenters. The third kappa shape index (κ3) is 4.63. The Kier molecular flexibility index (Phi) is 9.78. The van der Waals surface area contributed by atoms with Crippen molar-refractivity contribution < 1.29 is 105 Å². The number of rotatable bonds is 4. The van der Waals surface area contributed by atoms with E-state index >= 15 is 35.1 Å². The van der Waals surface area contributed by atoms with Crippen LogP contribution in [0.4, 0.5) is 87.8 Å². The Labute approximate surface area is 250 Å². The molecule has 46 heavy (non-hydrogen) atoms. The van der Waals surface area contributed by atoms with Crippen molar-refractivity contribution in [1.82, 2.24) is 0 Å². The maximum atomic E-state index is 15.4. The molecule has 0 amide bonds. The van der Waals surface area contributed by atoms with Gasteiger partial charge in [-0.25, -0.2) is 52.7 Å². The molecule has 0 N–H and O–H groups in total. The van der Waals surface area contributed by atoms with Gasteiger partial charge in [0.2, 0.25) is 116 Å². The van der Waals surface area contributed by atoms with Gasteiger partial charge >= 0.3 is 0 Å². The van der Waals surface area contributed by atoms with Gasteiger partial charge in [0.05, 0.1) is 0 Å². The van der Waals surface area contributed by atoms with E-state index in [1.54, 1.807) is 0 Å². The van der Waals surface area contributed by atoms with Crippen LogP contribution in [0.2, 0.25) is 0 Å². The van der Waals surface area contributed by atoms with Gasteiger partial charge in [-0.1, -0.05) is 0 Å². The summed E-state index contributed by atoms with van der Waals surface area (Å²) in [5, 5.41) is -14.1. The van der Waals surface area contributed by atoms with E-state index in [0.717, 1.165) is 0 Å². The van der Waals surface area contributed by atoms with Gasteiger partial charge in [0.25, 0.3) is 0 Å². The molecule has 0 bridgehead atoms. The van der Waals surface area contributed by atoms with Crippen molar-refractivity contribution in [2.75, 3.05) is 0 Å². The first-order valence-electron chi connectivity index (χ1n) is 10.7. The highest BCUT2D eigenvalue weighted by Crippen LogP contribution is 2.60. The lowest BCUT2D eigenvalue weighted by molar-refractivity contribution is -0.0000188. The molecule has 0 fully saturated rings. The zero-order chi connectivity index (χ0) is 34.4. The minimum Gasteiger partial charge on any atom is -1.00 e. The molecule has 22 heteroatoms. The second kappa shape index (κ2) is 12.2. The Morgan fingerprint density at radius 2 is 0.261 bits per heavy atom. The number of halogens is 21. The fraction of sp³-hybridized carbons (Fsp3) is 0. The molecule has 4 aromatic rings. The Morgan fingerprint density at radius 3 is 0.370 bits per heavy atom. The summed E-state index contributed by atoms with van der Waals surface area (Å²) in [5.41, 5.74) is 0. The van der Waals surface area contributed by atoms with Crippen LogP contribution in [0.3, 0.4) is 0 Å². The Hall–Kier alpha value is -3.61. The summed E-state index contributed by atoms with van der Waals surface area (Å²) < 4.78 is 294. The van der Waals surface area contributed by atoms with Gasteiger partial charge in [0.15, 0.2) is 28.5 Å². The molecule has 0 radical (unpaired) electrons. The molecular weight excluding hydrogens is 779 g/mol. The molecule has 0 saturated carbocycles. The van der Waals surface area contributed by atoms with E-state index in [0.29, 0.717) is 0 Å². The van der Waals surface area contributed by atoms with E-state index in [9.17, 15) is 52.7 Å². The van der Waals surface area contributed by atoms with E-state index in [1.165, 1.54) is 0 Å². The Balaban J connectivity index is 0.00000576. The van der Waals surface area contributed by atoms with E-state index < -0.39 is 145 Å². The van der Waals surface area contributed by atoms with Gasteiger partial charge in [0, 0.05) is 0 Å². The maximum Gasteiger partial charge on any atom is 0.208 e. The molecule has 0 unspecified atom stereocenters. The van der Waals surface area contributed by atoms with Crippen molar-refractivity contribution in [2.24, 2.45) is 0 Å². The molecule has 0 aliphatic heterocycles. The van der Waals surface area contributed by atoms with Crippen LogP contribution in [0, 0.1) is 116 Å². The van der Waals surface area contributed by atoms with E-state index in [-0.39, 0.29) is 17.0 Å². The first-order valence-corrected chi connectivity index (χ1v) is 12.5. The lowest BCUT2D eigenvalue weighted by Crippen LogP contribution is -3.00. The summed E-state index contributed by atoms with van der Waals surface area (Å²) in [6.07, 6.45) is 0. The molecule has 0 aliphatic carbocycles. The van der Waals surface area contributed by atoms with Gasteiger partial charge in [-0.3, -0.25) is 0 Å². The second-order valence-electron chi connectivity index (χ2n) is 8.34. The molecule has 0 saturated heterocycles. The summed E-state index contributed by atoms with van der Waals surface area (Å²) in [7, 11) is -8.09. The van der Waals surface area contributed by atoms with E-state index in [2.05, 4.69) is 0 Å². The Bertz CT molecular complexity index is 1580. The van der Waals surface area contributed by atoms with Crippen molar-refractivity contribution >= 4 is 28.5 Å². The van der Waals surface area contributed by atoms with Crippen LogP contribution in [-0.2, 0) is 0 Å². The zero-order valence-corrected chi connectivity index (χ0v) is 22.9. The summed E-state index contributed by atoms with van der Waals surface area (Å²) in [5.74, 6) is -71.1. The molecule has 0 nitrogen and oxygen atoms in total. The van der Waals surface area contributed by atoms with E-state index in [1.807, 2.05) is 0 Å².